The lowest BCUT2D eigenvalue weighted by Crippen LogP contribution is -2.23. The van der Waals surface area contributed by atoms with E-state index in [-0.39, 0.29) is 18.0 Å². The molecule has 0 unspecified atom stereocenters. The summed E-state index contributed by atoms with van der Waals surface area (Å²) in [4.78, 5) is 35.8. The van der Waals surface area contributed by atoms with E-state index < -0.39 is 0 Å². The number of hydrogen-bond acceptors (Lipinski definition) is 5. The van der Waals surface area contributed by atoms with Crippen LogP contribution in [0, 0.1) is 13.8 Å². The van der Waals surface area contributed by atoms with Crippen molar-refractivity contribution in [3.63, 3.8) is 0 Å². The van der Waals surface area contributed by atoms with Gasteiger partial charge in [0.15, 0.2) is 5.13 Å². The van der Waals surface area contributed by atoms with Gasteiger partial charge in [-0.1, -0.05) is 22.0 Å². The monoisotopic (exact) mass is 482 g/mol. The molecular weight excluding hydrogens is 464 g/mol. The van der Waals surface area contributed by atoms with Crippen molar-refractivity contribution in [2.75, 3.05) is 4.90 Å². The molecule has 2 heterocycles. The van der Waals surface area contributed by atoms with E-state index in [0.717, 1.165) is 21.3 Å². The molecule has 2 aromatic heterocycles. The molecule has 0 N–H and O–H groups in total. The average molecular weight is 483 g/mol. The van der Waals surface area contributed by atoms with Crippen LogP contribution >= 0.6 is 27.3 Å². The van der Waals surface area contributed by atoms with Gasteiger partial charge in [0, 0.05) is 16.8 Å². The number of hydrogen-bond donors (Lipinski definition) is 0. The second kappa shape index (κ2) is 8.12. The predicted octanol–water partition coefficient (Wildman–Crippen LogP) is 4.97. The molecule has 4 aromatic rings. The average Bonchev–Trinajstić information content (AvgIpc) is 3.15. The molecule has 0 atom stereocenters. The third-order valence-electron chi connectivity index (χ3n) is 4.91. The minimum atomic E-state index is -0.131. The zero-order valence-corrected chi connectivity index (χ0v) is 19.1. The Balaban J connectivity index is 1.67. The molecule has 30 heavy (non-hydrogen) atoms. The van der Waals surface area contributed by atoms with E-state index in [9.17, 15) is 9.59 Å². The first-order valence-corrected chi connectivity index (χ1v) is 11.0. The Labute approximate surface area is 186 Å². The van der Waals surface area contributed by atoms with Crippen LogP contribution in [0.25, 0.3) is 10.9 Å². The number of amides is 1. The number of carbonyl (C=O) groups excluding carboxylic acids is 1. The molecule has 152 valence electrons. The van der Waals surface area contributed by atoms with Crippen LogP contribution < -0.4 is 10.5 Å². The van der Waals surface area contributed by atoms with Gasteiger partial charge in [-0.15, -0.1) is 11.3 Å². The number of aryl methyl sites for hydroxylation is 2. The molecule has 8 heteroatoms. The van der Waals surface area contributed by atoms with Crippen LogP contribution in [-0.4, -0.2) is 20.4 Å². The van der Waals surface area contributed by atoms with Gasteiger partial charge in [-0.2, -0.15) is 0 Å². The quantitative estimate of drug-likeness (QED) is 0.411. The SMILES string of the molecule is CC(=O)N(c1ccc(C)c(C)c1)c1nc(Cn2cnc3ccc(Br)cc3c2=O)cs1. The molecule has 0 fully saturated rings. The van der Waals surface area contributed by atoms with E-state index in [1.165, 1.54) is 29.2 Å². The first kappa shape index (κ1) is 20.4. The zero-order chi connectivity index (χ0) is 21.4. The number of nitrogens with zero attached hydrogens (tertiary/aromatic N) is 4. The highest BCUT2D eigenvalue weighted by Crippen LogP contribution is 2.30. The number of halogens is 1. The van der Waals surface area contributed by atoms with Crippen LogP contribution in [0.3, 0.4) is 0 Å². The first-order valence-electron chi connectivity index (χ1n) is 9.30. The van der Waals surface area contributed by atoms with Gasteiger partial charge in [-0.25, -0.2) is 9.97 Å². The Bertz CT molecular complexity index is 1330. The van der Waals surface area contributed by atoms with Gasteiger partial charge < -0.3 is 0 Å². The minimum absolute atomic E-state index is 0.117. The lowest BCUT2D eigenvalue weighted by Gasteiger charge is -2.19. The number of aromatic nitrogens is 3. The maximum absolute atomic E-state index is 12.8. The second-order valence-corrected chi connectivity index (χ2v) is 8.84. The summed E-state index contributed by atoms with van der Waals surface area (Å²) in [7, 11) is 0. The number of benzene rings is 2. The van der Waals surface area contributed by atoms with Crippen LogP contribution in [0.15, 0.2) is 57.4 Å². The topological polar surface area (TPSA) is 68.1 Å². The Kier molecular flexibility index (Phi) is 5.53. The first-order chi connectivity index (χ1) is 14.3. The zero-order valence-electron chi connectivity index (χ0n) is 16.7. The fourth-order valence-corrected chi connectivity index (χ4v) is 4.42. The van der Waals surface area contributed by atoms with E-state index in [0.29, 0.717) is 21.7 Å². The van der Waals surface area contributed by atoms with Crippen molar-refractivity contribution in [3.05, 3.63) is 79.8 Å². The van der Waals surface area contributed by atoms with Crippen molar-refractivity contribution in [1.29, 1.82) is 0 Å². The summed E-state index contributed by atoms with van der Waals surface area (Å²) in [5.41, 5.74) is 4.26. The summed E-state index contributed by atoms with van der Waals surface area (Å²) in [6.45, 7) is 5.85. The molecule has 0 aliphatic rings. The van der Waals surface area contributed by atoms with Crippen molar-refractivity contribution in [2.45, 2.75) is 27.3 Å². The Morgan fingerprint density at radius 3 is 2.70 bits per heavy atom. The number of fused-ring (bicyclic) bond motifs is 1. The third kappa shape index (κ3) is 3.93. The number of carbonyl (C=O) groups is 1. The maximum Gasteiger partial charge on any atom is 0.261 e. The highest BCUT2D eigenvalue weighted by Gasteiger charge is 2.19. The van der Waals surface area contributed by atoms with Crippen molar-refractivity contribution in [1.82, 2.24) is 14.5 Å². The molecular formula is C22H19BrN4O2S. The Morgan fingerprint density at radius 2 is 1.97 bits per heavy atom. The molecule has 2 aromatic carbocycles. The van der Waals surface area contributed by atoms with Gasteiger partial charge in [0.25, 0.3) is 5.56 Å². The van der Waals surface area contributed by atoms with Crippen LogP contribution in [-0.2, 0) is 11.3 Å². The molecule has 0 radical (unpaired) electrons. The third-order valence-corrected chi connectivity index (χ3v) is 6.28. The maximum atomic E-state index is 12.8. The summed E-state index contributed by atoms with van der Waals surface area (Å²) in [6.07, 6.45) is 1.53. The predicted molar refractivity (Wildman–Crippen MR) is 124 cm³/mol. The molecule has 0 bridgehead atoms. The van der Waals surface area contributed by atoms with Crippen molar-refractivity contribution >= 4 is 54.9 Å². The summed E-state index contributed by atoms with van der Waals surface area (Å²) in [5, 5.41) is 2.98. The molecule has 0 aliphatic carbocycles. The lowest BCUT2D eigenvalue weighted by atomic mass is 10.1. The number of rotatable bonds is 4. The summed E-state index contributed by atoms with van der Waals surface area (Å²) < 4.78 is 2.36. The highest BCUT2D eigenvalue weighted by atomic mass is 79.9. The minimum Gasteiger partial charge on any atom is -0.293 e. The normalized spacial score (nSPS) is 11.1. The van der Waals surface area contributed by atoms with Gasteiger partial charge in [0.05, 0.1) is 35.2 Å². The molecule has 0 saturated carbocycles. The van der Waals surface area contributed by atoms with Crippen LogP contribution in [0.4, 0.5) is 10.8 Å². The summed E-state index contributed by atoms with van der Waals surface area (Å²) in [6, 6.07) is 11.3. The van der Waals surface area contributed by atoms with Crippen molar-refractivity contribution < 1.29 is 4.79 Å². The fourth-order valence-electron chi connectivity index (χ4n) is 3.18. The molecule has 4 rings (SSSR count). The molecule has 0 aliphatic heterocycles. The van der Waals surface area contributed by atoms with E-state index in [1.807, 2.05) is 43.5 Å². The molecule has 0 saturated heterocycles. The van der Waals surface area contributed by atoms with E-state index in [4.69, 9.17) is 0 Å². The summed E-state index contributed by atoms with van der Waals surface area (Å²) >= 11 is 4.77. The number of anilines is 2. The Hall–Kier alpha value is -2.84. The van der Waals surface area contributed by atoms with E-state index in [1.54, 1.807) is 17.0 Å². The largest absolute Gasteiger partial charge is 0.293 e. The van der Waals surface area contributed by atoms with Crippen LogP contribution in [0.5, 0.6) is 0 Å². The van der Waals surface area contributed by atoms with Gasteiger partial charge in [0.2, 0.25) is 5.91 Å². The highest BCUT2D eigenvalue weighted by molar-refractivity contribution is 9.10. The van der Waals surface area contributed by atoms with E-state index >= 15 is 0 Å². The van der Waals surface area contributed by atoms with Crippen molar-refractivity contribution in [3.8, 4) is 0 Å². The van der Waals surface area contributed by atoms with E-state index in [2.05, 4.69) is 25.9 Å². The molecule has 1 amide bonds. The van der Waals surface area contributed by atoms with Crippen LogP contribution in [0.2, 0.25) is 0 Å². The number of thiazole rings is 1. The molecule has 6 nitrogen and oxygen atoms in total. The lowest BCUT2D eigenvalue weighted by molar-refractivity contribution is -0.115. The Morgan fingerprint density at radius 1 is 1.17 bits per heavy atom. The smallest absolute Gasteiger partial charge is 0.261 e. The van der Waals surface area contributed by atoms with Gasteiger partial charge in [-0.3, -0.25) is 19.1 Å². The summed E-state index contributed by atoms with van der Waals surface area (Å²) in [5.74, 6) is -0.117. The standard InChI is InChI=1S/C22H19BrN4O2S/c1-13-4-6-18(8-14(13)2)27(15(3)28)22-25-17(11-30-22)10-26-12-24-20-7-5-16(23)9-19(20)21(26)29/h4-9,11-12H,10H2,1-3H3. The van der Waals surface area contributed by atoms with Gasteiger partial charge in [-0.05, 0) is 55.3 Å². The van der Waals surface area contributed by atoms with Gasteiger partial charge >= 0.3 is 0 Å². The fraction of sp³-hybridized carbons (Fsp3) is 0.182. The van der Waals surface area contributed by atoms with Gasteiger partial charge in [0.1, 0.15) is 0 Å². The second-order valence-electron chi connectivity index (χ2n) is 7.08. The molecule has 0 spiro atoms. The van der Waals surface area contributed by atoms with Crippen molar-refractivity contribution in [2.24, 2.45) is 0 Å². The van der Waals surface area contributed by atoms with Crippen LogP contribution in [0.1, 0.15) is 23.7 Å².